The molecule has 2 fully saturated rings. The highest BCUT2D eigenvalue weighted by Crippen LogP contribution is 2.28. The molecule has 0 saturated heterocycles. The van der Waals surface area contributed by atoms with Gasteiger partial charge in [-0.3, -0.25) is 9.59 Å². The molecular weight excluding hydrogens is 430 g/mol. The summed E-state index contributed by atoms with van der Waals surface area (Å²) in [5.74, 6) is -0.491. The van der Waals surface area contributed by atoms with Gasteiger partial charge < -0.3 is 15.4 Å². The summed E-state index contributed by atoms with van der Waals surface area (Å²) < 4.78 is 33.8. The zero-order valence-corrected chi connectivity index (χ0v) is 18.7. The largest absolute Gasteiger partial charge is 0.495 e. The molecule has 0 aromatic heterocycles. The van der Waals surface area contributed by atoms with Crippen molar-refractivity contribution in [3.8, 4) is 5.75 Å². The average molecular weight is 458 g/mol. The van der Waals surface area contributed by atoms with Crippen LogP contribution in [0, 0.1) is 0 Å². The molecule has 0 spiro atoms. The van der Waals surface area contributed by atoms with E-state index < -0.39 is 15.9 Å². The Morgan fingerprint density at radius 2 is 1.62 bits per heavy atom. The van der Waals surface area contributed by atoms with Crippen molar-refractivity contribution in [2.75, 3.05) is 12.4 Å². The van der Waals surface area contributed by atoms with E-state index in [0.717, 1.165) is 38.5 Å². The van der Waals surface area contributed by atoms with E-state index in [0.29, 0.717) is 11.3 Å². The second-order valence-corrected chi connectivity index (χ2v) is 9.93. The van der Waals surface area contributed by atoms with Crippen LogP contribution < -0.4 is 20.1 Å². The summed E-state index contributed by atoms with van der Waals surface area (Å²) in [6, 6.07) is 11.1. The van der Waals surface area contributed by atoms with Gasteiger partial charge in [0.15, 0.2) is 0 Å². The zero-order valence-electron chi connectivity index (χ0n) is 17.9. The van der Waals surface area contributed by atoms with Gasteiger partial charge in [-0.25, -0.2) is 13.1 Å². The van der Waals surface area contributed by atoms with E-state index in [4.69, 9.17) is 4.74 Å². The van der Waals surface area contributed by atoms with Crippen LogP contribution in [0.25, 0.3) is 0 Å². The molecule has 2 aliphatic carbocycles. The van der Waals surface area contributed by atoms with Gasteiger partial charge in [0, 0.05) is 28.9 Å². The number of anilines is 1. The van der Waals surface area contributed by atoms with Crippen LogP contribution in [0.5, 0.6) is 5.75 Å². The van der Waals surface area contributed by atoms with E-state index in [1.165, 1.54) is 25.3 Å². The Bertz CT molecular complexity index is 1120. The van der Waals surface area contributed by atoms with Gasteiger partial charge in [0.05, 0.1) is 7.11 Å². The van der Waals surface area contributed by atoms with Gasteiger partial charge in [0.25, 0.3) is 11.8 Å². The molecule has 0 aliphatic heterocycles. The number of sulfonamides is 1. The number of carbonyl (C=O) groups excluding carboxylic acids is 2. The van der Waals surface area contributed by atoms with E-state index in [1.54, 1.807) is 24.3 Å². The number of amides is 2. The summed E-state index contributed by atoms with van der Waals surface area (Å²) in [4.78, 5) is 25.0. The van der Waals surface area contributed by atoms with Crippen molar-refractivity contribution < 1.29 is 22.7 Å². The third-order valence-electron chi connectivity index (χ3n) is 5.69. The highest BCUT2D eigenvalue weighted by atomic mass is 32.2. The van der Waals surface area contributed by atoms with Crippen LogP contribution >= 0.6 is 0 Å². The van der Waals surface area contributed by atoms with Gasteiger partial charge >= 0.3 is 0 Å². The molecule has 0 unspecified atom stereocenters. The molecule has 170 valence electrons. The fourth-order valence-corrected chi connectivity index (χ4v) is 5.29. The van der Waals surface area contributed by atoms with Crippen LogP contribution in [0.2, 0.25) is 0 Å². The lowest BCUT2D eigenvalue weighted by Crippen LogP contribution is -2.33. The van der Waals surface area contributed by atoms with Gasteiger partial charge in [-0.2, -0.15) is 0 Å². The Morgan fingerprint density at radius 1 is 0.906 bits per heavy atom. The lowest BCUT2D eigenvalue weighted by Gasteiger charge is -2.16. The van der Waals surface area contributed by atoms with E-state index in [9.17, 15) is 18.0 Å². The average Bonchev–Trinajstić information content (AvgIpc) is 3.45. The standard InChI is InChI=1S/C23H27N3O5S/c1-31-20-12-9-16(14-21(20)32(29,30)26-18-6-2-3-7-18)23(28)25-19-8-4-5-15(13-19)22(27)24-17-10-11-17/h4-5,8-9,12-14,17-18,26H,2-3,6-7,10-11H2,1H3,(H,24,27)(H,25,28). The van der Waals surface area contributed by atoms with E-state index >= 15 is 0 Å². The number of nitrogens with one attached hydrogen (secondary N) is 3. The van der Waals surface area contributed by atoms with E-state index in [2.05, 4.69) is 15.4 Å². The van der Waals surface area contributed by atoms with Crippen molar-refractivity contribution >= 4 is 27.5 Å². The highest BCUT2D eigenvalue weighted by Gasteiger charge is 2.27. The van der Waals surface area contributed by atoms with Crippen LogP contribution in [-0.4, -0.2) is 39.4 Å². The smallest absolute Gasteiger partial charge is 0.255 e. The molecule has 4 rings (SSSR count). The van der Waals surface area contributed by atoms with Gasteiger partial charge in [-0.05, 0) is 62.1 Å². The molecule has 0 atom stereocenters. The van der Waals surface area contributed by atoms with Crippen LogP contribution in [-0.2, 0) is 10.0 Å². The molecule has 2 aromatic rings. The van der Waals surface area contributed by atoms with Gasteiger partial charge in [-0.1, -0.05) is 18.9 Å². The molecule has 0 bridgehead atoms. The minimum absolute atomic E-state index is 0.0721. The number of hydrogen-bond acceptors (Lipinski definition) is 5. The molecule has 8 nitrogen and oxygen atoms in total. The van der Waals surface area contributed by atoms with E-state index in [-0.39, 0.29) is 34.2 Å². The summed E-state index contributed by atoms with van der Waals surface area (Å²) in [5, 5.41) is 5.65. The zero-order chi connectivity index (χ0) is 22.7. The number of methoxy groups -OCH3 is 1. The fourth-order valence-electron chi connectivity index (χ4n) is 3.79. The predicted octanol–water partition coefficient (Wildman–Crippen LogP) is 3.06. The van der Waals surface area contributed by atoms with Crippen molar-refractivity contribution in [3.63, 3.8) is 0 Å². The number of carbonyl (C=O) groups is 2. The van der Waals surface area contributed by atoms with Crippen LogP contribution in [0.4, 0.5) is 5.69 Å². The first-order valence-corrected chi connectivity index (χ1v) is 12.3. The van der Waals surface area contributed by atoms with E-state index in [1.807, 2.05) is 0 Å². The normalized spacial score (nSPS) is 16.5. The van der Waals surface area contributed by atoms with Gasteiger partial charge in [0.1, 0.15) is 10.6 Å². The fraction of sp³-hybridized carbons (Fsp3) is 0.391. The summed E-state index contributed by atoms with van der Waals surface area (Å²) in [6.07, 6.45) is 5.55. The second kappa shape index (κ2) is 9.30. The summed E-state index contributed by atoms with van der Waals surface area (Å²) in [7, 11) is -2.46. The number of hydrogen-bond donors (Lipinski definition) is 3. The maximum absolute atomic E-state index is 12.9. The Labute approximate surface area is 187 Å². The molecule has 2 saturated carbocycles. The van der Waals surface area contributed by atoms with Crippen molar-refractivity contribution in [2.24, 2.45) is 0 Å². The number of benzene rings is 2. The first-order chi connectivity index (χ1) is 15.4. The van der Waals surface area contributed by atoms with Crippen LogP contribution in [0.1, 0.15) is 59.2 Å². The van der Waals surface area contributed by atoms with Crippen molar-refractivity contribution in [2.45, 2.75) is 55.5 Å². The monoisotopic (exact) mass is 457 g/mol. The van der Waals surface area contributed by atoms with Crippen molar-refractivity contribution in [3.05, 3.63) is 53.6 Å². The third kappa shape index (κ3) is 5.28. The maximum Gasteiger partial charge on any atom is 0.255 e. The second-order valence-electron chi connectivity index (χ2n) is 8.25. The summed E-state index contributed by atoms with van der Waals surface area (Å²) >= 11 is 0. The SMILES string of the molecule is COc1ccc(C(=O)Nc2cccc(C(=O)NC3CC3)c2)cc1S(=O)(=O)NC1CCCC1. The Morgan fingerprint density at radius 3 is 2.31 bits per heavy atom. The molecular formula is C23H27N3O5S. The molecule has 2 amide bonds. The predicted molar refractivity (Wildman–Crippen MR) is 120 cm³/mol. The maximum atomic E-state index is 12.9. The number of rotatable bonds is 8. The first kappa shape index (κ1) is 22.3. The Balaban J connectivity index is 1.52. The summed E-state index contributed by atoms with van der Waals surface area (Å²) in [5.41, 5.74) is 1.07. The Kier molecular flexibility index (Phi) is 6.48. The Hall–Kier alpha value is -2.91. The molecule has 0 radical (unpaired) electrons. The minimum atomic E-state index is -3.85. The van der Waals surface area contributed by atoms with Crippen molar-refractivity contribution in [1.82, 2.24) is 10.0 Å². The molecule has 2 aliphatic rings. The molecule has 3 N–H and O–H groups in total. The summed E-state index contributed by atoms with van der Waals surface area (Å²) in [6.45, 7) is 0. The molecule has 32 heavy (non-hydrogen) atoms. The topological polar surface area (TPSA) is 114 Å². The lowest BCUT2D eigenvalue weighted by molar-refractivity contribution is 0.0949. The molecule has 2 aromatic carbocycles. The first-order valence-electron chi connectivity index (χ1n) is 10.8. The van der Waals surface area contributed by atoms with Gasteiger partial charge in [-0.15, -0.1) is 0 Å². The lowest BCUT2D eigenvalue weighted by atomic mass is 10.1. The van der Waals surface area contributed by atoms with Crippen LogP contribution in [0.3, 0.4) is 0 Å². The highest BCUT2D eigenvalue weighted by molar-refractivity contribution is 7.89. The molecule has 9 heteroatoms. The minimum Gasteiger partial charge on any atom is -0.495 e. The quantitative estimate of drug-likeness (QED) is 0.564. The van der Waals surface area contributed by atoms with Crippen LogP contribution in [0.15, 0.2) is 47.4 Å². The third-order valence-corrected chi connectivity index (χ3v) is 7.23. The van der Waals surface area contributed by atoms with Crippen molar-refractivity contribution in [1.29, 1.82) is 0 Å². The molecule has 0 heterocycles. The number of ether oxygens (including phenoxy) is 1. The van der Waals surface area contributed by atoms with Gasteiger partial charge in [0.2, 0.25) is 10.0 Å².